The number of hydrogen-bond donors (Lipinski definition) is 0. The van der Waals surface area contributed by atoms with Gasteiger partial charge in [0.1, 0.15) is 0 Å². The molecule has 0 bridgehead atoms. The third kappa shape index (κ3) is 3.08. The number of pyridine rings is 1. The second-order valence-electron chi connectivity index (χ2n) is 7.94. The fourth-order valence-electron chi connectivity index (χ4n) is 4.55. The highest BCUT2D eigenvalue weighted by Crippen LogP contribution is 2.45. The van der Waals surface area contributed by atoms with Crippen molar-refractivity contribution in [2.24, 2.45) is 11.3 Å². The predicted molar refractivity (Wildman–Crippen MR) is 90.2 cm³/mol. The van der Waals surface area contributed by atoms with Gasteiger partial charge in [0.05, 0.1) is 5.41 Å². The predicted octanol–water partition coefficient (Wildman–Crippen LogP) is 2.47. The highest BCUT2D eigenvalue weighted by Gasteiger charge is 2.53. The summed E-state index contributed by atoms with van der Waals surface area (Å²) in [4.78, 5) is 33.2. The first kappa shape index (κ1) is 17.4. The van der Waals surface area contributed by atoms with Gasteiger partial charge in [-0.15, -0.1) is 0 Å². The van der Waals surface area contributed by atoms with Crippen molar-refractivity contribution < 1.29 is 18.4 Å². The standard InChI is InChI=1S/C19H23F2N3O2/c20-19(21)9-15(10-19)16(25)24-7-2-4-18(13-24)5-8-23(17(18)26)12-14-3-1-6-22-11-14/h1,3,6,11,15H,2,4-5,7-10,12-13H2. The molecule has 1 atom stereocenters. The zero-order chi connectivity index (χ0) is 18.4. The van der Waals surface area contributed by atoms with E-state index in [2.05, 4.69) is 4.98 Å². The van der Waals surface area contributed by atoms with Crippen LogP contribution in [0.1, 0.15) is 37.7 Å². The fraction of sp³-hybridized carbons (Fsp3) is 0.632. The monoisotopic (exact) mass is 363 g/mol. The summed E-state index contributed by atoms with van der Waals surface area (Å²) in [6.45, 7) is 2.13. The minimum atomic E-state index is -2.70. The Hall–Kier alpha value is -2.05. The van der Waals surface area contributed by atoms with Crippen LogP contribution < -0.4 is 0 Å². The number of amides is 2. The average Bonchev–Trinajstić information content (AvgIpc) is 2.89. The van der Waals surface area contributed by atoms with Gasteiger partial charge in [0.15, 0.2) is 0 Å². The first-order chi connectivity index (χ1) is 12.4. The van der Waals surface area contributed by atoms with Crippen LogP contribution in [0.25, 0.3) is 0 Å². The van der Waals surface area contributed by atoms with Crippen LogP contribution in [0, 0.1) is 11.3 Å². The van der Waals surface area contributed by atoms with Crippen LogP contribution in [0.5, 0.6) is 0 Å². The molecule has 4 rings (SSSR count). The molecule has 0 N–H and O–H groups in total. The molecule has 7 heteroatoms. The van der Waals surface area contributed by atoms with E-state index in [1.807, 2.05) is 17.0 Å². The highest BCUT2D eigenvalue weighted by molar-refractivity contribution is 5.87. The van der Waals surface area contributed by atoms with Crippen molar-refractivity contribution in [3.8, 4) is 0 Å². The van der Waals surface area contributed by atoms with Gasteiger partial charge in [-0.1, -0.05) is 6.07 Å². The van der Waals surface area contributed by atoms with Crippen LogP contribution in [0.4, 0.5) is 8.78 Å². The van der Waals surface area contributed by atoms with E-state index >= 15 is 0 Å². The maximum atomic E-state index is 13.1. The van der Waals surface area contributed by atoms with Crippen molar-refractivity contribution in [2.45, 2.75) is 44.6 Å². The smallest absolute Gasteiger partial charge is 0.249 e. The van der Waals surface area contributed by atoms with E-state index < -0.39 is 17.3 Å². The summed E-state index contributed by atoms with van der Waals surface area (Å²) in [5.41, 5.74) is 0.445. The Labute approximate surface area is 151 Å². The van der Waals surface area contributed by atoms with Gasteiger partial charge in [-0.2, -0.15) is 0 Å². The quantitative estimate of drug-likeness (QED) is 0.829. The Morgan fingerprint density at radius 3 is 2.77 bits per heavy atom. The Kier molecular flexibility index (Phi) is 4.20. The normalized spacial score (nSPS) is 28.5. The van der Waals surface area contributed by atoms with Crippen LogP contribution in [0.15, 0.2) is 24.5 Å². The van der Waals surface area contributed by atoms with Crippen molar-refractivity contribution in [2.75, 3.05) is 19.6 Å². The summed E-state index contributed by atoms with van der Waals surface area (Å²) in [6, 6.07) is 3.79. The minimum Gasteiger partial charge on any atom is -0.341 e. The highest BCUT2D eigenvalue weighted by atomic mass is 19.3. The molecule has 140 valence electrons. The van der Waals surface area contributed by atoms with Crippen molar-refractivity contribution in [1.29, 1.82) is 0 Å². The Bertz CT molecular complexity index is 704. The van der Waals surface area contributed by atoms with Crippen molar-refractivity contribution in [3.63, 3.8) is 0 Å². The Morgan fingerprint density at radius 2 is 2.08 bits per heavy atom. The summed E-state index contributed by atoms with van der Waals surface area (Å²) < 4.78 is 26.2. The van der Waals surface area contributed by atoms with E-state index in [1.54, 1.807) is 17.3 Å². The zero-order valence-corrected chi connectivity index (χ0v) is 14.7. The van der Waals surface area contributed by atoms with Gasteiger partial charge in [-0.25, -0.2) is 8.78 Å². The van der Waals surface area contributed by atoms with Crippen LogP contribution in [0.2, 0.25) is 0 Å². The fourth-order valence-corrected chi connectivity index (χ4v) is 4.55. The first-order valence-electron chi connectivity index (χ1n) is 9.24. The number of piperidine rings is 1. The summed E-state index contributed by atoms with van der Waals surface area (Å²) >= 11 is 0. The topological polar surface area (TPSA) is 53.5 Å². The van der Waals surface area contributed by atoms with E-state index in [4.69, 9.17) is 0 Å². The molecule has 2 aliphatic heterocycles. The van der Waals surface area contributed by atoms with Crippen molar-refractivity contribution in [1.82, 2.24) is 14.8 Å². The molecule has 0 radical (unpaired) electrons. The molecule has 1 aromatic rings. The zero-order valence-electron chi connectivity index (χ0n) is 14.7. The Balaban J connectivity index is 1.42. The largest absolute Gasteiger partial charge is 0.341 e. The van der Waals surface area contributed by atoms with Gasteiger partial charge in [-0.05, 0) is 30.9 Å². The molecule has 1 unspecified atom stereocenters. The van der Waals surface area contributed by atoms with Crippen molar-refractivity contribution in [3.05, 3.63) is 30.1 Å². The molecule has 1 aliphatic carbocycles. The molecule has 1 saturated carbocycles. The van der Waals surface area contributed by atoms with E-state index in [9.17, 15) is 18.4 Å². The van der Waals surface area contributed by atoms with Crippen LogP contribution >= 0.6 is 0 Å². The van der Waals surface area contributed by atoms with Crippen LogP contribution in [-0.2, 0) is 16.1 Å². The molecule has 1 spiro atoms. The molecule has 3 aliphatic rings. The molecule has 0 aromatic carbocycles. The molecular formula is C19H23F2N3O2. The van der Waals surface area contributed by atoms with E-state index in [-0.39, 0.29) is 24.7 Å². The third-order valence-corrected chi connectivity index (χ3v) is 6.03. The molecule has 5 nitrogen and oxygen atoms in total. The summed E-state index contributed by atoms with van der Waals surface area (Å²) in [5, 5.41) is 0. The lowest BCUT2D eigenvalue weighted by atomic mass is 9.76. The summed E-state index contributed by atoms with van der Waals surface area (Å²) in [6.07, 6.45) is 4.99. The van der Waals surface area contributed by atoms with Gasteiger partial charge in [0.2, 0.25) is 17.7 Å². The lowest BCUT2D eigenvalue weighted by Gasteiger charge is -2.43. The van der Waals surface area contributed by atoms with E-state index in [0.29, 0.717) is 26.2 Å². The minimum absolute atomic E-state index is 0.0813. The SMILES string of the molecule is O=C(C1CC(F)(F)C1)N1CCCC2(CCN(Cc3cccnc3)C2=O)C1. The number of carbonyl (C=O) groups excluding carboxylic acids is 2. The van der Waals surface area contributed by atoms with E-state index in [0.717, 1.165) is 24.8 Å². The molecule has 3 heterocycles. The summed E-state index contributed by atoms with van der Waals surface area (Å²) in [7, 11) is 0. The van der Waals surface area contributed by atoms with Gasteiger partial charge in [-0.3, -0.25) is 14.6 Å². The maximum absolute atomic E-state index is 13.1. The number of nitrogens with zero attached hydrogens (tertiary/aromatic N) is 3. The second-order valence-corrected chi connectivity index (χ2v) is 7.94. The number of aromatic nitrogens is 1. The Morgan fingerprint density at radius 1 is 1.27 bits per heavy atom. The molecule has 26 heavy (non-hydrogen) atoms. The van der Waals surface area contributed by atoms with Crippen molar-refractivity contribution >= 4 is 11.8 Å². The molecular weight excluding hydrogens is 340 g/mol. The number of halogens is 2. The molecule has 2 amide bonds. The molecule has 3 fully saturated rings. The van der Waals surface area contributed by atoms with Gasteiger partial charge in [0, 0.05) is 57.3 Å². The number of rotatable bonds is 3. The van der Waals surface area contributed by atoms with Crippen LogP contribution in [-0.4, -0.2) is 52.2 Å². The lowest BCUT2D eigenvalue weighted by Crippen LogP contribution is -2.54. The number of likely N-dealkylation sites (tertiary alicyclic amines) is 2. The summed E-state index contributed by atoms with van der Waals surface area (Å²) in [5.74, 6) is -3.40. The van der Waals surface area contributed by atoms with E-state index in [1.165, 1.54) is 0 Å². The number of hydrogen-bond acceptors (Lipinski definition) is 3. The van der Waals surface area contributed by atoms with Crippen LogP contribution in [0.3, 0.4) is 0 Å². The van der Waals surface area contributed by atoms with Gasteiger partial charge in [0.25, 0.3) is 0 Å². The first-order valence-corrected chi connectivity index (χ1v) is 9.24. The number of alkyl halides is 2. The molecule has 2 saturated heterocycles. The lowest BCUT2D eigenvalue weighted by molar-refractivity contribution is -0.164. The maximum Gasteiger partial charge on any atom is 0.249 e. The van der Waals surface area contributed by atoms with Gasteiger partial charge >= 0.3 is 0 Å². The molecule has 1 aromatic heterocycles. The van der Waals surface area contributed by atoms with Gasteiger partial charge < -0.3 is 9.80 Å². The average molecular weight is 363 g/mol. The second kappa shape index (κ2) is 6.28. The third-order valence-electron chi connectivity index (χ3n) is 6.03. The number of carbonyl (C=O) groups is 2.